The minimum Gasteiger partial charge on any atom is -0.340 e. The van der Waals surface area contributed by atoms with Crippen LogP contribution in [-0.4, -0.2) is 131 Å². The van der Waals surface area contributed by atoms with Gasteiger partial charge in [0.15, 0.2) is 0 Å². The van der Waals surface area contributed by atoms with Crippen LogP contribution in [0.1, 0.15) is 114 Å². The Morgan fingerprint density at radius 3 is 1.97 bits per heavy atom. The number of unbranched alkanes of at least 4 members (excludes halogenated alkanes) is 1. The van der Waals surface area contributed by atoms with Crippen LogP contribution in [0.4, 0.5) is 4.39 Å². The molecule has 3 saturated heterocycles. The summed E-state index contributed by atoms with van der Waals surface area (Å²) >= 11 is 0. The molecule has 4 heterocycles. The third kappa shape index (κ3) is 12.4. The average molecular weight is 802 g/mol. The van der Waals surface area contributed by atoms with Gasteiger partial charge in [-0.1, -0.05) is 84.1 Å². The number of aromatic amines is 1. The largest absolute Gasteiger partial charge is 0.340 e. The van der Waals surface area contributed by atoms with Crippen molar-refractivity contribution in [3.8, 4) is 0 Å². The summed E-state index contributed by atoms with van der Waals surface area (Å²) in [4.78, 5) is 62.1. The second kappa shape index (κ2) is 22.8. The van der Waals surface area contributed by atoms with Gasteiger partial charge in [0.2, 0.25) is 11.8 Å². The zero-order chi connectivity index (χ0) is 41.4. The number of piperazine rings is 2. The molecular formula is C46H68FN7O4. The lowest BCUT2D eigenvalue weighted by atomic mass is 9.86. The van der Waals surface area contributed by atoms with E-state index in [-0.39, 0.29) is 22.9 Å². The standard InChI is InChI=1S/C40H52FN7O4.C4H10.C2H6/c41-35-11-10-31(25-36-32-8-4-5-9-33(32)39(51)43-42-36)24-34(35)40(52)48-22-20-47(21-23-48)38(50)28-44-14-12-30(13-15-44)27-45-16-18-46(19-17-45)37(49)26-29-6-2-1-3-7-29;1-3-4-2;1-2/h4-5,8-11,24,29-30H,1-3,6-7,12-23,25-28H2,(H,43,51);3-4H2,1-2H3;1-2H3. The van der Waals surface area contributed by atoms with Crippen molar-refractivity contribution in [3.05, 3.63) is 75.5 Å². The number of aromatic nitrogens is 2. The smallest absolute Gasteiger partial charge is 0.272 e. The maximum absolute atomic E-state index is 15.0. The molecule has 2 aromatic carbocycles. The number of benzene rings is 2. The summed E-state index contributed by atoms with van der Waals surface area (Å²) < 4.78 is 15.0. The van der Waals surface area contributed by atoms with Gasteiger partial charge in [0.1, 0.15) is 5.82 Å². The molecule has 318 valence electrons. The molecule has 4 fully saturated rings. The van der Waals surface area contributed by atoms with Gasteiger partial charge in [-0.05, 0) is 74.4 Å². The maximum Gasteiger partial charge on any atom is 0.272 e. The van der Waals surface area contributed by atoms with Crippen molar-refractivity contribution in [1.82, 2.24) is 34.7 Å². The van der Waals surface area contributed by atoms with Gasteiger partial charge in [0.05, 0.1) is 23.2 Å². The molecule has 12 heteroatoms. The van der Waals surface area contributed by atoms with Crippen molar-refractivity contribution >= 4 is 28.5 Å². The van der Waals surface area contributed by atoms with Gasteiger partial charge in [-0.2, -0.15) is 5.10 Å². The third-order valence-corrected chi connectivity index (χ3v) is 12.3. The van der Waals surface area contributed by atoms with E-state index in [1.807, 2.05) is 30.9 Å². The lowest BCUT2D eigenvalue weighted by Crippen LogP contribution is -2.53. The Balaban J connectivity index is 0.00000101. The number of fused-ring (bicyclic) bond motifs is 1. The second-order valence-corrected chi connectivity index (χ2v) is 16.3. The van der Waals surface area contributed by atoms with E-state index in [1.54, 1.807) is 29.2 Å². The van der Waals surface area contributed by atoms with Crippen molar-refractivity contribution in [2.75, 3.05) is 78.5 Å². The van der Waals surface area contributed by atoms with Gasteiger partial charge in [-0.25, -0.2) is 9.49 Å². The molecule has 0 radical (unpaired) electrons. The van der Waals surface area contributed by atoms with Gasteiger partial charge in [0, 0.05) is 77.1 Å². The summed E-state index contributed by atoms with van der Waals surface area (Å²) in [5, 5.41) is 8.00. The van der Waals surface area contributed by atoms with Crippen molar-refractivity contribution < 1.29 is 18.8 Å². The predicted octanol–water partition coefficient (Wildman–Crippen LogP) is 6.60. The molecule has 0 unspecified atom stereocenters. The van der Waals surface area contributed by atoms with Gasteiger partial charge in [-0.3, -0.25) is 29.0 Å². The van der Waals surface area contributed by atoms with Gasteiger partial charge >= 0.3 is 0 Å². The molecule has 7 rings (SSSR count). The van der Waals surface area contributed by atoms with Crippen LogP contribution < -0.4 is 5.56 Å². The highest BCUT2D eigenvalue weighted by Crippen LogP contribution is 2.27. The minimum atomic E-state index is -0.586. The van der Waals surface area contributed by atoms with Crippen LogP contribution in [0, 0.1) is 17.7 Å². The lowest BCUT2D eigenvalue weighted by Gasteiger charge is -2.40. The number of nitrogens with zero attached hydrogens (tertiary/aromatic N) is 6. The van der Waals surface area contributed by atoms with E-state index in [0.29, 0.717) is 73.5 Å². The number of carbonyl (C=O) groups is 3. The number of rotatable bonds is 10. The lowest BCUT2D eigenvalue weighted by molar-refractivity contribution is -0.135. The van der Waals surface area contributed by atoms with E-state index in [1.165, 1.54) is 51.0 Å². The van der Waals surface area contributed by atoms with Crippen LogP contribution in [0.5, 0.6) is 0 Å². The monoisotopic (exact) mass is 802 g/mol. The quantitative estimate of drug-likeness (QED) is 0.246. The Labute approximate surface area is 345 Å². The Hall–Kier alpha value is -4.16. The third-order valence-electron chi connectivity index (χ3n) is 12.3. The van der Waals surface area contributed by atoms with Crippen LogP contribution in [0.3, 0.4) is 0 Å². The van der Waals surface area contributed by atoms with Gasteiger partial charge < -0.3 is 14.7 Å². The first kappa shape index (κ1) is 44.9. The van der Waals surface area contributed by atoms with Crippen LogP contribution in [0.25, 0.3) is 10.8 Å². The number of hydrogen-bond donors (Lipinski definition) is 1. The SMILES string of the molecule is CC.CCCC.O=C(CC1CCCCC1)N1CCN(CC2CCN(CC(=O)N3CCN(C(=O)c4cc(Cc5n[nH]c(=O)c6ccccc56)ccc4F)CC3)CC2)CC1. The second-order valence-electron chi connectivity index (χ2n) is 16.3. The molecule has 1 aliphatic carbocycles. The fraction of sp³-hybridized carbons (Fsp3) is 0.630. The van der Waals surface area contributed by atoms with Crippen molar-refractivity contribution in [2.24, 2.45) is 11.8 Å². The van der Waals surface area contributed by atoms with Crippen LogP contribution in [-0.2, 0) is 16.0 Å². The first-order valence-corrected chi connectivity index (χ1v) is 22.3. The summed E-state index contributed by atoms with van der Waals surface area (Å²) in [5.74, 6) is 0.652. The summed E-state index contributed by atoms with van der Waals surface area (Å²) in [7, 11) is 0. The first-order chi connectivity index (χ1) is 28.2. The summed E-state index contributed by atoms with van der Waals surface area (Å²) in [6, 6.07) is 11.7. The number of hydrogen-bond acceptors (Lipinski definition) is 7. The van der Waals surface area contributed by atoms with Gasteiger partial charge in [-0.15, -0.1) is 0 Å². The number of amides is 3. The zero-order valence-corrected chi connectivity index (χ0v) is 35.7. The van der Waals surface area contributed by atoms with E-state index >= 15 is 0 Å². The highest BCUT2D eigenvalue weighted by Gasteiger charge is 2.30. The Bertz CT molecular complexity index is 1820. The molecule has 58 heavy (non-hydrogen) atoms. The Kier molecular flexibility index (Phi) is 17.7. The van der Waals surface area contributed by atoms with Crippen LogP contribution in [0.2, 0.25) is 0 Å². The highest BCUT2D eigenvalue weighted by molar-refractivity contribution is 5.95. The normalized spacial score (nSPS) is 18.6. The summed E-state index contributed by atoms with van der Waals surface area (Å²) in [5.41, 5.74) is 1.08. The molecule has 0 bridgehead atoms. The molecular weight excluding hydrogens is 734 g/mol. The zero-order valence-electron chi connectivity index (χ0n) is 35.7. The minimum absolute atomic E-state index is 0.00101. The van der Waals surface area contributed by atoms with E-state index in [4.69, 9.17) is 0 Å². The van der Waals surface area contributed by atoms with Crippen molar-refractivity contribution in [3.63, 3.8) is 0 Å². The molecule has 11 nitrogen and oxygen atoms in total. The van der Waals surface area contributed by atoms with Crippen LogP contribution >= 0.6 is 0 Å². The molecule has 0 spiro atoms. The maximum atomic E-state index is 15.0. The van der Waals surface area contributed by atoms with E-state index in [9.17, 15) is 23.6 Å². The van der Waals surface area contributed by atoms with E-state index in [2.05, 4.69) is 38.7 Å². The molecule has 0 atom stereocenters. The number of halogens is 1. The molecule has 3 aromatic rings. The first-order valence-electron chi connectivity index (χ1n) is 22.3. The number of carbonyl (C=O) groups excluding carboxylic acids is 3. The molecule has 1 aromatic heterocycles. The van der Waals surface area contributed by atoms with Gasteiger partial charge in [0.25, 0.3) is 11.5 Å². The molecule has 3 amide bonds. The number of H-pyrrole nitrogens is 1. The molecule has 1 N–H and O–H groups in total. The molecule has 4 aliphatic rings. The van der Waals surface area contributed by atoms with E-state index < -0.39 is 5.82 Å². The fourth-order valence-electron chi connectivity index (χ4n) is 8.61. The fourth-order valence-corrected chi connectivity index (χ4v) is 8.61. The summed E-state index contributed by atoms with van der Waals surface area (Å²) in [6.45, 7) is 16.7. The Morgan fingerprint density at radius 2 is 1.31 bits per heavy atom. The van der Waals surface area contributed by atoms with Crippen molar-refractivity contribution in [2.45, 2.75) is 98.3 Å². The summed E-state index contributed by atoms with van der Waals surface area (Å²) in [6.07, 6.45) is 12.1. The van der Waals surface area contributed by atoms with Crippen molar-refractivity contribution in [1.29, 1.82) is 0 Å². The molecule has 1 saturated carbocycles. The topological polar surface area (TPSA) is 113 Å². The number of piperidine rings is 1. The Morgan fingerprint density at radius 1 is 0.707 bits per heavy atom. The average Bonchev–Trinajstić information content (AvgIpc) is 3.27. The number of likely N-dealkylation sites (tertiary alicyclic amines) is 1. The predicted molar refractivity (Wildman–Crippen MR) is 229 cm³/mol. The van der Waals surface area contributed by atoms with Crippen LogP contribution in [0.15, 0.2) is 47.3 Å². The highest BCUT2D eigenvalue weighted by atomic mass is 19.1. The molecule has 3 aliphatic heterocycles. The number of nitrogens with one attached hydrogen (secondary N) is 1. The van der Waals surface area contributed by atoms with E-state index in [0.717, 1.165) is 70.5 Å².